The van der Waals surface area contributed by atoms with Gasteiger partial charge in [-0.15, -0.1) is 0 Å². The molecule has 7 nitrogen and oxygen atoms in total. The van der Waals surface area contributed by atoms with E-state index >= 15 is 0 Å². The Morgan fingerprint density at radius 1 is 1.21 bits per heavy atom. The summed E-state index contributed by atoms with van der Waals surface area (Å²) in [7, 11) is -1.26. The molecule has 3 atom stereocenters. The Hall–Kier alpha value is -2.14. The average Bonchev–Trinajstić information content (AvgIpc) is 2.77. The Morgan fingerprint density at radius 3 is 2.47 bits per heavy atom. The maximum absolute atomic E-state index is 12.9. The minimum Gasteiger partial charge on any atom is -0.352 e. The molecule has 0 unspecified atom stereocenters. The summed E-state index contributed by atoms with van der Waals surface area (Å²) in [5, 5.41) is 5.17. The van der Waals surface area contributed by atoms with Crippen LogP contribution in [0.2, 0.25) is 0 Å². The molecule has 34 heavy (non-hydrogen) atoms. The zero-order valence-electron chi connectivity index (χ0n) is 20.0. The first-order valence-corrected chi connectivity index (χ1v) is 13.2. The van der Waals surface area contributed by atoms with Crippen molar-refractivity contribution < 1.29 is 31.2 Å². The van der Waals surface area contributed by atoms with Crippen LogP contribution in [0.15, 0.2) is 24.3 Å². The van der Waals surface area contributed by atoms with Crippen molar-refractivity contribution in [1.82, 2.24) is 15.5 Å². The lowest BCUT2D eigenvalue weighted by atomic mass is 9.81. The van der Waals surface area contributed by atoms with E-state index in [0.29, 0.717) is 18.9 Å². The van der Waals surface area contributed by atoms with Crippen molar-refractivity contribution in [1.29, 1.82) is 0 Å². The van der Waals surface area contributed by atoms with Gasteiger partial charge in [0.05, 0.1) is 17.9 Å². The van der Waals surface area contributed by atoms with E-state index in [1.807, 2.05) is 7.05 Å². The van der Waals surface area contributed by atoms with Crippen molar-refractivity contribution in [3.8, 4) is 0 Å². The lowest BCUT2D eigenvalue weighted by Crippen LogP contribution is -2.52. The van der Waals surface area contributed by atoms with Crippen LogP contribution in [-0.2, 0) is 20.8 Å². The Kier molecular flexibility index (Phi) is 9.53. The summed E-state index contributed by atoms with van der Waals surface area (Å²) in [5.74, 6) is -1.60. The van der Waals surface area contributed by atoms with Crippen LogP contribution in [0.5, 0.6) is 0 Å². The second-order valence-corrected chi connectivity index (χ2v) is 11.5. The minimum absolute atomic E-state index is 0.0158. The van der Waals surface area contributed by atoms with Crippen molar-refractivity contribution in [3.05, 3.63) is 35.4 Å². The average molecular weight is 506 g/mol. The standard InChI is InChI=1S/C23H34F3N3O4S/c1-5-34(32,33)14-17-12-19(29(4)15(2)3)9-10-20(17)28-21(30)13-27-22(31)16-7-6-8-18(11-16)23(24,25)26/h6-8,11,15,17,19-20H,5,9-10,12-14H2,1-4H3,(H,27,31)(H,28,30)/t17-,19+,20-/m0/s1. The first-order chi connectivity index (χ1) is 15.7. The Balaban J connectivity index is 2.01. The van der Waals surface area contributed by atoms with E-state index in [-0.39, 0.29) is 35.1 Å². The molecular formula is C23H34F3N3O4S. The Morgan fingerprint density at radius 2 is 1.88 bits per heavy atom. The molecule has 2 N–H and O–H groups in total. The summed E-state index contributed by atoms with van der Waals surface area (Å²) >= 11 is 0. The van der Waals surface area contributed by atoms with Crippen molar-refractivity contribution in [2.24, 2.45) is 5.92 Å². The van der Waals surface area contributed by atoms with E-state index < -0.39 is 39.9 Å². The summed E-state index contributed by atoms with van der Waals surface area (Å²) < 4.78 is 63.2. The van der Waals surface area contributed by atoms with Gasteiger partial charge in [-0.1, -0.05) is 13.0 Å². The molecule has 0 aromatic heterocycles. The van der Waals surface area contributed by atoms with E-state index in [0.717, 1.165) is 24.6 Å². The molecule has 11 heteroatoms. The van der Waals surface area contributed by atoms with Gasteiger partial charge in [0.1, 0.15) is 9.84 Å². The molecule has 0 saturated heterocycles. The highest BCUT2D eigenvalue weighted by molar-refractivity contribution is 7.91. The van der Waals surface area contributed by atoms with E-state index in [1.54, 1.807) is 6.92 Å². The molecule has 2 rings (SSSR count). The first kappa shape index (κ1) is 28.1. The van der Waals surface area contributed by atoms with E-state index in [1.165, 1.54) is 6.07 Å². The van der Waals surface area contributed by atoms with Gasteiger partial charge in [0.15, 0.2) is 0 Å². The molecule has 2 amide bonds. The van der Waals surface area contributed by atoms with Crippen molar-refractivity contribution >= 4 is 21.7 Å². The summed E-state index contributed by atoms with van der Waals surface area (Å²) in [6.07, 6.45) is -2.57. The number of hydrogen-bond acceptors (Lipinski definition) is 5. The van der Waals surface area contributed by atoms with Gasteiger partial charge in [-0.3, -0.25) is 9.59 Å². The molecule has 0 heterocycles. The fraction of sp³-hybridized carbons (Fsp3) is 0.652. The Bertz CT molecular complexity index is 966. The van der Waals surface area contributed by atoms with Crippen LogP contribution in [0.4, 0.5) is 13.2 Å². The first-order valence-electron chi connectivity index (χ1n) is 11.4. The molecule has 1 aromatic rings. The van der Waals surface area contributed by atoms with Gasteiger partial charge in [-0.25, -0.2) is 8.42 Å². The number of nitrogens with one attached hydrogen (secondary N) is 2. The van der Waals surface area contributed by atoms with Crippen LogP contribution >= 0.6 is 0 Å². The molecule has 1 fully saturated rings. The highest BCUT2D eigenvalue weighted by atomic mass is 32.2. The number of alkyl halides is 3. The number of carbonyl (C=O) groups excluding carboxylic acids is 2. The van der Waals surface area contributed by atoms with Crippen molar-refractivity contribution in [2.75, 3.05) is 25.1 Å². The summed E-state index contributed by atoms with van der Waals surface area (Å²) in [6, 6.07) is 4.09. The highest BCUT2D eigenvalue weighted by Gasteiger charge is 2.36. The lowest BCUT2D eigenvalue weighted by molar-refractivity contribution is -0.137. The molecule has 1 saturated carbocycles. The van der Waals surface area contributed by atoms with Gasteiger partial charge in [0.2, 0.25) is 5.91 Å². The quantitative estimate of drug-likeness (QED) is 0.538. The van der Waals surface area contributed by atoms with Gasteiger partial charge >= 0.3 is 6.18 Å². The second kappa shape index (κ2) is 11.5. The lowest BCUT2D eigenvalue weighted by Gasteiger charge is -2.41. The monoisotopic (exact) mass is 505 g/mol. The third-order valence-corrected chi connectivity index (χ3v) is 8.28. The van der Waals surface area contributed by atoms with Crippen LogP contribution in [0.3, 0.4) is 0 Å². The summed E-state index contributed by atoms with van der Waals surface area (Å²) in [5.41, 5.74) is -1.15. The number of sulfone groups is 1. The molecule has 1 aliphatic carbocycles. The van der Waals surface area contributed by atoms with E-state index in [4.69, 9.17) is 0 Å². The number of carbonyl (C=O) groups is 2. The largest absolute Gasteiger partial charge is 0.416 e. The van der Waals surface area contributed by atoms with Crippen LogP contribution in [0.25, 0.3) is 0 Å². The number of rotatable bonds is 9. The van der Waals surface area contributed by atoms with Crippen LogP contribution in [-0.4, -0.2) is 68.4 Å². The maximum Gasteiger partial charge on any atom is 0.416 e. The van der Waals surface area contributed by atoms with Gasteiger partial charge in [0, 0.05) is 29.4 Å². The molecule has 0 spiro atoms. The van der Waals surface area contributed by atoms with Gasteiger partial charge in [0.25, 0.3) is 5.91 Å². The van der Waals surface area contributed by atoms with Crippen molar-refractivity contribution in [3.63, 3.8) is 0 Å². The van der Waals surface area contributed by atoms with E-state index in [9.17, 15) is 31.2 Å². The normalized spacial score (nSPS) is 21.5. The fourth-order valence-corrected chi connectivity index (χ4v) is 5.46. The second-order valence-electron chi connectivity index (χ2n) is 9.12. The van der Waals surface area contributed by atoms with Gasteiger partial charge < -0.3 is 15.5 Å². The van der Waals surface area contributed by atoms with Crippen LogP contribution in [0, 0.1) is 5.92 Å². The summed E-state index contributed by atoms with van der Waals surface area (Å²) in [6.45, 7) is 5.30. The smallest absolute Gasteiger partial charge is 0.352 e. The zero-order chi connectivity index (χ0) is 25.7. The fourth-order valence-electron chi connectivity index (χ4n) is 4.21. The number of nitrogens with zero attached hydrogens (tertiary/aromatic N) is 1. The molecule has 1 aromatic carbocycles. The molecule has 0 aliphatic heterocycles. The van der Waals surface area contributed by atoms with Crippen LogP contribution < -0.4 is 10.6 Å². The number of benzene rings is 1. The number of hydrogen-bond donors (Lipinski definition) is 2. The van der Waals surface area contributed by atoms with Crippen LogP contribution in [0.1, 0.15) is 56.0 Å². The molecular weight excluding hydrogens is 471 g/mol. The molecule has 0 bridgehead atoms. The van der Waals surface area contributed by atoms with E-state index in [2.05, 4.69) is 29.4 Å². The topological polar surface area (TPSA) is 95.6 Å². The third kappa shape index (κ3) is 7.97. The van der Waals surface area contributed by atoms with Gasteiger partial charge in [-0.05, 0) is 64.3 Å². The predicted octanol–water partition coefficient (Wildman–Crippen LogP) is 2.86. The molecule has 0 radical (unpaired) electrons. The Labute approximate surface area is 199 Å². The number of halogens is 3. The predicted molar refractivity (Wildman–Crippen MR) is 124 cm³/mol. The molecule has 1 aliphatic rings. The molecule has 192 valence electrons. The van der Waals surface area contributed by atoms with Gasteiger partial charge in [-0.2, -0.15) is 13.2 Å². The maximum atomic E-state index is 12.9. The number of amides is 2. The zero-order valence-corrected chi connectivity index (χ0v) is 20.8. The minimum atomic E-state index is -4.58. The highest BCUT2D eigenvalue weighted by Crippen LogP contribution is 2.31. The SMILES string of the molecule is CCS(=O)(=O)C[C@@H]1C[C@H](N(C)C(C)C)CC[C@@H]1NC(=O)CNC(=O)c1cccc(C(F)(F)F)c1. The third-order valence-electron chi connectivity index (χ3n) is 6.46. The van der Waals surface area contributed by atoms with Crippen molar-refractivity contribution in [2.45, 2.75) is 64.3 Å². The summed E-state index contributed by atoms with van der Waals surface area (Å²) in [4.78, 5) is 27.0.